The lowest BCUT2D eigenvalue weighted by molar-refractivity contribution is 0.311. The van der Waals surface area contributed by atoms with Gasteiger partial charge in [0.2, 0.25) is 0 Å². The average molecular weight is 222 g/mol. The molecule has 0 heteroatoms. The Morgan fingerprint density at radius 3 is 2.65 bits per heavy atom. The lowest BCUT2D eigenvalue weighted by Gasteiger charge is -2.39. The summed E-state index contributed by atoms with van der Waals surface area (Å²) in [5, 5.41) is 0. The Balaban J connectivity index is 2.11. The van der Waals surface area contributed by atoms with Gasteiger partial charge in [-0.1, -0.05) is 68.5 Å². The first-order valence-electron chi connectivity index (χ1n) is 6.32. The molecule has 0 fully saturated rings. The first kappa shape index (κ1) is 10.6. The Kier molecular flexibility index (Phi) is 2.32. The Morgan fingerprint density at radius 1 is 1.12 bits per heavy atom. The highest BCUT2D eigenvalue weighted by atomic mass is 14.4. The van der Waals surface area contributed by atoms with Gasteiger partial charge in [-0.15, -0.1) is 0 Å². The average Bonchev–Trinajstić information content (AvgIpc) is 2.77. The predicted molar refractivity (Wildman–Crippen MR) is 72.9 cm³/mol. The Morgan fingerprint density at radius 2 is 1.88 bits per heavy atom. The molecule has 1 atom stereocenters. The van der Waals surface area contributed by atoms with E-state index in [2.05, 4.69) is 68.5 Å². The molecule has 1 aromatic rings. The van der Waals surface area contributed by atoms with E-state index in [4.69, 9.17) is 0 Å². The zero-order valence-corrected chi connectivity index (χ0v) is 10.5. The van der Waals surface area contributed by atoms with Crippen molar-refractivity contribution in [2.75, 3.05) is 0 Å². The lowest BCUT2D eigenvalue weighted by atomic mass is 9.65. The van der Waals surface area contributed by atoms with Gasteiger partial charge in [0.1, 0.15) is 0 Å². The second kappa shape index (κ2) is 3.73. The number of allylic oxidation sites excluding steroid dienone is 6. The summed E-state index contributed by atoms with van der Waals surface area (Å²) < 4.78 is 0. The second-order valence-corrected chi connectivity index (χ2v) is 5.68. The monoisotopic (exact) mass is 222 g/mol. The summed E-state index contributed by atoms with van der Waals surface area (Å²) in [6.07, 6.45) is 10.2. The summed E-state index contributed by atoms with van der Waals surface area (Å²) in [5.41, 5.74) is 4.67. The molecule has 0 spiro atoms. The molecule has 0 radical (unpaired) electrons. The van der Waals surface area contributed by atoms with Crippen LogP contribution in [0.5, 0.6) is 0 Å². The van der Waals surface area contributed by atoms with Crippen LogP contribution in [0.4, 0.5) is 0 Å². The molecule has 0 nitrogen and oxygen atoms in total. The van der Waals surface area contributed by atoms with Crippen LogP contribution >= 0.6 is 0 Å². The zero-order chi connectivity index (χ0) is 11.9. The Hall–Kier alpha value is -1.56. The molecule has 3 rings (SSSR count). The van der Waals surface area contributed by atoms with Crippen molar-refractivity contribution < 1.29 is 0 Å². The molecule has 0 aromatic heterocycles. The molecule has 17 heavy (non-hydrogen) atoms. The minimum Gasteiger partial charge on any atom is -0.0764 e. The first-order valence-corrected chi connectivity index (χ1v) is 6.32. The smallest absolute Gasteiger partial charge is 0.0149 e. The molecule has 0 aliphatic heterocycles. The van der Waals surface area contributed by atoms with Gasteiger partial charge in [-0.05, 0) is 28.5 Å². The van der Waals surface area contributed by atoms with Crippen molar-refractivity contribution in [3.8, 4) is 0 Å². The highest BCUT2D eigenvalue weighted by molar-refractivity contribution is 5.56. The molecule has 0 heterocycles. The van der Waals surface area contributed by atoms with Crippen molar-refractivity contribution in [2.24, 2.45) is 5.41 Å². The van der Waals surface area contributed by atoms with E-state index in [-0.39, 0.29) is 0 Å². The van der Waals surface area contributed by atoms with Crippen LogP contribution in [0, 0.1) is 5.41 Å². The SMILES string of the molecule is CC1(C)CC=C2C=CC=C2C1c1ccccc1. The van der Waals surface area contributed by atoms with Gasteiger partial charge in [0.25, 0.3) is 0 Å². The van der Waals surface area contributed by atoms with Crippen LogP contribution in [-0.4, -0.2) is 0 Å². The van der Waals surface area contributed by atoms with Crippen LogP contribution in [0.15, 0.2) is 65.8 Å². The summed E-state index contributed by atoms with van der Waals surface area (Å²) in [6.45, 7) is 4.74. The van der Waals surface area contributed by atoms with E-state index in [0.29, 0.717) is 11.3 Å². The quantitative estimate of drug-likeness (QED) is 0.650. The highest BCUT2D eigenvalue weighted by Crippen LogP contribution is 2.50. The van der Waals surface area contributed by atoms with Crippen LogP contribution in [0.25, 0.3) is 0 Å². The Bertz CT molecular complexity index is 512. The van der Waals surface area contributed by atoms with Crippen LogP contribution < -0.4 is 0 Å². The minimum absolute atomic E-state index is 0.308. The van der Waals surface area contributed by atoms with Gasteiger partial charge in [0.05, 0.1) is 0 Å². The van der Waals surface area contributed by atoms with Gasteiger partial charge in [0, 0.05) is 5.92 Å². The van der Waals surface area contributed by atoms with Crippen molar-refractivity contribution in [1.29, 1.82) is 0 Å². The fourth-order valence-electron chi connectivity index (χ4n) is 3.08. The van der Waals surface area contributed by atoms with E-state index in [1.807, 2.05) is 0 Å². The normalized spacial score (nSPS) is 25.2. The second-order valence-electron chi connectivity index (χ2n) is 5.68. The van der Waals surface area contributed by atoms with E-state index in [1.54, 1.807) is 0 Å². The van der Waals surface area contributed by atoms with E-state index in [0.717, 1.165) is 6.42 Å². The van der Waals surface area contributed by atoms with Crippen LogP contribution in [0.1, 0.15) is 31.7 Å². The number of hydrogen-bond acceptors (Lipinski definition) is 0. The molecule has 0 N–H and O–H groups in total. The standard InChI is InChI=1S/C17H18/c1-17(2)12-11-13-9-6-10-15(13)16(17)14-7-4-3-5-8-14/h3-11,16H,12H2,1-2H3. The van der Waals surface area contributed by atoms with E-state index in [9.17, 15) is 0 Å². The van der Waals surface area contributed by atoms with Gasteiger partial charge in [-0.25, -0.2) is 0 Å². The Labute approximate surface area is 103 Å². The largest absolute Gasteiger partial charge is 0.0764 e. The van der Waals surface area contributed by atoms with Crippen molar-refractivity contribution >= 4 is 0 Å². The van der Waals surface area contributed by atoms with Gasteiger partial charge in [-0.3, -0.25) is 0 Å². The van der Waals surface area contributed by atoms with Gasteiger partial charge in [-0.2, -0.15) is 0 Å². The maximum Gasteiger partial charge on any atom is 0.0149 e. The van der Waals surface area contributed by atoms with E-state index in [1.165, 1.54) is 16.7 Å². The molecule has 2 aliphatic carbocycles. The molecule has 0 bridgehead atoms. The molecule has 1 unspecified atom stereocenters. The fourth-order valence-corrected chi connectivity index (χ4v) is 3.08. The molecule has 86 valence electrons. The molecular weight excluding hydrogens is 204 g/mol. The summed E-state index contributed by atoms with van der Waals surface area (Å²) in [6, 6.07) is 10.9. The molecule has 2 aliphatic rings. The number of hydrogen-bond donors (Lipinski definition) is 0. The summed E-state index contributed by atoms with van der Waals surface area (Å²) in [7, 11) is 0. The maximum atomic E-state index is 2.38. The van der Waals surface area contributed by atoms with Crippen LogP contribution in [0.2, 0.25) is 0 Å². The van der Waals surface area contributed by atoms with Crippen molar-refractivity contribution in [3.63, 3.8) is 0 Å². The van der Waals surface area contributed by atoms with Crippen molar-refractivity contribution in [1.82, 2.24) is 0 Å². The van der Waals surface area contributed by atoms with Crippen LogP contribution in [0.3, 0.4) is 0 Å². The number of rotatable bonds is 1. The molecule has 0 saturated heterocycles. The molecular formula is C17H18. The summed E-state index contributed by atoms with van der Waals surface area (Å²) >= 11 is 0. The van der Waals surface area contributed by atoms with Crippen molar-refractivity contribution in [2.45, 2.75) is 26.2 Å². The van der Waals surface area contributed by atoms with Gasteiger partial charge in [0.15, 0.2) is 0 Å². The van der Waals surface area contributed by atoms with Gasteiger partial charge < -0.3 is 0 Å². The van der Waals surface area contributed by atoms with Crippen LogP contribution in [-0.2, 0) is 0 Å². The lowest BCUT2D eigenvalue weighted by Crippen LogP contribution is -2.26. The molecule has 0 amide bonds. The summed E-state index contributed by atoms with van der Waals surface area (Å²) in [5.74, 6) is 0.527. The summed E-state index contributed by atoms with van der Waals surface area (Å²) in [4.78, 5) is 0. The van der Waals surface area contributed by atoms with Gasteiger partial charge >= 0.3 is 0 Å². The maximum absolute atomic E-state index is 2.38. The topological polar surface area (TPSA) is 0 Å². The van der Waals surface area contributed by atoms with Crippen molar-refractivity contribution in [3.05, 3.63) is 71.3 Å². The fraction of sp³-hybridized carbons (Fsp3) is 0.294. The zero-order valence-electron chi connectivity index (χ0n) is 10.5. The molecule has 0 saturated carbocycles. The third-order valence-corrected chi connectivity index (χ3v) is 3.96. The van der Waals surface area contributed by atoms with E-state index >= 15 is 0 Å². The third-order valence-electron chi connectivity index (χ3n) is 3.96. The third kappa shape index (κ3) is 1.68. The minimum atomic E-state index is 0.308. The number of benzene rings is 1. The molecule has 1 aromatic carbocycles. The first-order chi connectivity index (χ1) is 8.18. The predicted octanol–water partition coefficient (Wildman–Crippen LogP) is 4.62. The highest BCUT2D eigenvalue weighted by Gasteiger charge is 2.37. The number of fused-ring (bicyclic) bond motifs is 1. The van der Waals surface area contributed by atoms with E-state index < -0.39 is 0 Å².